The van der Waals surface area contributed by atoms with Crippen LogP contribution in [0.1, 0.15) is 115 Å². The number of benzene rings is 3. The molecule has 3 aromatic carbocycles. The fourth-order valence-corrected chi connectivity index (χ4v) is 9.85. The third-order valence-electron chi connectivity index (χ3n) is 13.6. The molecule has 356 valence electrons. The summed E-state index contributed by atoms with van der Waals surface area (Å²) in [7, 11) is 1.73. The molecule has 1 aliphatic carbocycles. The molecule has 5 aromatic rings. The van der Waals surface area contributed by atoms with Crippen molar-refractivity contribution in [3.8, 4) is 28.1 Å². The summed E-state index contributed by atoms with van der Waals surface area (Å²) in [4.78, 5) is 48.3. The van der Waals surface area contributed by atoms with Crippen LogP contribution in [-0.4, -0.2) is 99.7 Å². The fourth-order valence-electron chi connectivity index (χ4n) is 9.85. The topological polar surface area (TPSA) is 152 Å². The molecule has 67 heavy (non-hydrogen) atoms. The van der Waals surface area contributed by atoms with E-state index in [1.54, 1.807) is 27.9 Å². The molecule has 2 amide bonds. The van der Waals surface area contributed by atoms with Gasteiger partial charge in [-0.2, -0.15) is 5.10 Å². The van der Waals surface area contributed by atoms with Gasteiger partial charge in [-0.15, -0.1) is 0 Å². The zero-order valence-electron chi connectivity index (χ0n) is 40.2. The summed E-state index contributed by atoms with van der Waals surface area (Å²) in [5, 5.41) is 10.6. The first-order valence-corrected chi connectivity index (χ1v) is 24.2. The molecular weight excluding hydrogens is 847 g/mol. The Labute approximate surface area is 394 Å². The molecule has 1 saturated carbocycles. The van der Waals surface area contributed by atoms with E-state index in [1.165, 1.54) is 17.9 Å². The van der Waals surface area contributed by atoms with E-state index in [9.17, 15) is 14.4 Å². The smallest absolute Gasteiger partial charge is 0.408 e. The van der Waals surface area contributed by atoms with Gasteiger partial charge in [0.2, 0.25) is 0 Å². The number of esters is 1. The fraction of sp³-hybridized carbons (Fsp3) is 0.509. The van der Waals surface area contributed by atoms with Crippen molar-refractivity contribution in [2.75, 3.05) is 33.4 Å². The molecule has 3 aliphatic heterocycles. The number of hydrogen-bond donors (Lipinski definition) is 3. The maximum atomic E-state index is 14.5. The minimum absolute atomic E-state index is 0.126. The first kappa shape index (κ1) is 46.4. The number of alkyl carbamates (subject to hydrolysis) is 1. The van der Waals surface area contributed by atoms with E-state index in [4.69, 9.17) is 24.0 Å². The van der Waals surface area contributed by atoms with E-state index >= 15 is 0 Å². The number of piperidine rings is 1. The van der Waals surface area contributed by atoms with E-state index < -0.39 is 35.2 Å². The minimum atomic E-state index is -1.04. The van der Waals surface area contributed by atoms with Crippen LogP contribution < -0.4 is 15.5 Å². The van der Waals surface area contributed by atoms with Crippen molar-refractivity contribution in [3.63, 3.8) is 0 Å². The molecule has 3 fully saturated rings. The van der Waals surface area contributed by atoms with Gasteiger partial charge in [-0.1, -0.05) is 56.3 Å². The van der Waals surface area contributed by atoms with Crippen molar-refractivity contribution in [1.29, 1.82) is 0 Å². The molecule has 0 radical (unpaired) electrons. The van der Waals surface area contributed by atoms with Crippen molar-refractivity contribution >= 4 is 28.9 Å². The number of likely N-dealkylation sites (tertiary alicyclic amines) is 1. The summed E-state index contributed by atoms with van der Waals surface area (Å²) < 4.78 is 26.5. The highest BCUT2D eigenvalue weighted by Gasteiger charge is 2.37. The molecule has 3 atom stereocenters. The zero-order chi connectivity index (χ0) is 47.0. The van der Waals surface area contributed by atoms with E-state index in [2.05, 4.69) is 76.5 Å². The number of ether oxygens (including phenoxy) is 4. The van der Waals surface area contributed by atoms with Crippen molar-refractivity contribution in [2.45, 2.75) is 135 Å². The average molecular weight is 914 g/mol. The summed E-state index contributed by atoms with van der Waals surface area (Å²) in [5.74, 6) is -0.192. The number of aromatic amines is 1. The number of hydrazine groups is 1. The van der Waals surface area contributed by atoms with Crippen LogP contribution in [0.4, 0.5) is 4.79 Å². The van der Waals surface area contributed by atoms with Crippen LogP contribution in [0.25, 0.3) is 33.3 Å². The van der Waals surface area contributed by atoms with Gasteiger partial charge in [-0.05, 0) is 125 Å². The Bertz CT molecular complexity index is 2580. The Kier molecular flexibility index (Phi) is 13.2. The quantitative estimate of drug-likeness (QED) is 0.122. The van der Waals surface area contributed by atoms with Crippen LogP contribution in [0.2, 0.25) is 0 Å². The number of fused-ring (bicyclic) bond motifs is 6. The van der Waals surface area contributed by atoms with Crippen molar-refractivity contribution in [3.05, 3.63) is 95.3 Å². The number of methoxy groups -OCH3 is 1. The van der Waals surface area contributed by atoms with E-state index in [0.717, 1.165) is 87.6 Å². The monoisotopic (exact) mass is 914 g/mol. The van der Waals surface area contributed by atoms with E-state index in [-0.39, 0.29) is 31.1 Å². The molecule has 2 aromatic heterocycles. The van der Waals surface area contributed by atoms with Crippen molar-refractivity contribution in [2.24, 2.45) is 5.41 Å². The Balaban J connectivity index is 1.16. The maximum absolute atomic E-state index is 14.5. The summed E-state index contributed by atoms with van der Waals surface area (Å²) >= 11 is 0. The Hall–Kier alpha value is -5.70. The molecular formula is C53H67N7O7. The molecule has 14 heteroatoms. The van der Waals surface area contributed by atoms with Gasteiger partial charge < -0.3 is 34.1 Å². The standard InChI is InChI=1S/C53H67N7O7/c1-33(64-7)47-43(30-60(57-47)39-19-22-58(23-20-39)38-16-17-38)48-42-29-53(5,6)32-66-50(62)45-14-11-21-59(56-45)49(61)46(55-51(63)67-52(2,3)4)26-35-24-37(36-15-18-44(54-48)41(42)28-36)27-40(25-35)65-31-34-12-9-8-10-13-34/h8-10,12-13,15,18,24-25,27-28,30,33,38-39,45-46,54,56H,11,14,16-17,19-23,26,29,31-32H2,1-7H3,(H,55,63)/t33-,45-,46-/m0/s1. The first-order chi connectivity index (χ1) is 32.1. The second-order valence-electron chi connectivity index (χ2n) is 20.8. The Morgan fingerprint density at radius 1 is 0.955 bits per heavy atom. The largest absolute Gasteiger partial charge is 0.489 e. The molecule has 0 unspecified atom stereocenters. The summed E-state index contributed by atoms with van der Waals surface area (Å²) in [6, 6.07) is 21.7. The molecule has 5 heterocycles. The van der Waals surface area contributed by atoms with Crippen LogP contribution in [0, 0.1) is 5.41 Å². The number of cyclic esters (lactones) is 1. The van der Waals surface area contributed by atoms with Crippen molar-refractivity contribution < 1.29 is 33.3 Å². The number of H-pyrrole nitrogens is 1. The van der Waals surface area contributed by atoms with Gasteiger partial charge in [0, 0.05) is 67.3 Å². The van der Waals surface area contributed by atoms with Crippen LogP contribution in [-0.2, 0) is 43.2 Å². The van der Waals surface area contributed by atoms with Crippen LogP contribution >= 0.6 is 0 Å². The predicted octanol–water partition coefficient (Wildman–Crippen LogP) is 8.84. The first-order valence-electron chi connectivity index (χ1n) is 24.2. The number of nitrogens with zero attached hydrogens (tertiary/aromatic N) is 4. The van der Waals surface area contributed by atoms with E-state index in [1.807, 2.05) is 42.5 Å². The predicted molar refractivity (Wildman–Crippen MR) is 257 cm³/mol. The molecule has 0 spiro atoms. The molecule has 4 aliphatic rings. The number of hydrogen-bond acceptors (Lipinski definition) is 10. The molecule has 3 N–H and O–H groups in total. The van der Waals surface area contributed by atoms with Crippen LogP contribution in [0.15, 0.2) is 72.9 Å². The van der Waals surface area contributed by atoms with Gasteiger partial charge in [0.05, 0.1) is 24.4 Å². The molecule has 14 nitrogen and oxygen atoms in total. The Morgan fingerprint density at radius 3 is 2.46 bits per heavy atom. The van der Waals surface area contributed by atoms with Crippen LogP contribution in [0.5, 0.6) is 5.75 Å². The van der Waals surface area contributed by atoms with Gasteiger partial charge in [0.1, 0.15) is 35.7 Å². The lowest BCUT2D eigenvalue weighted by atomic mass is 9.84. The van der Waals surface area contributed by atoms with Crippen LogP contribution in [0.3, 0.4) is 0 Å². The van der Waals surface area contributed by atoms with Gasteiger partial charge in [-0.25, -0.2) is 10.2 Å². The highest BCUT2D eigenvalue weighted by molar-refractivity contribution is 5.94. The zero-order valence-corrected chi connectivity index (χ0v) is 40.2. The summed E-state index contributed by atoms with van der Waals surface area (Å²) in [6.45, 7) is 14.6. The third kappa shape index (κ3) is 10.9. The average Bonchev–Trinajstić information content (AvgIpc) is 3.98. The summed E-state index contributed by atoms with van der Waals surface area (Å²) in [6.07, 6.45) is 7.74. The van der Waals surface area contributed by atoms with E-state index in [0.29, 0.717) is 38.2 Å². The summed E-state index contributed by atoms with van der Waals surface area (Å²) in [5.41, 5.74) is 10.4. The lowest BCUT2D eigenvalue weighted by Gasteiger charge is -2.35. The lowest BCUT2D eigenvalue weighted by Crippen LogP contribution is -2.60. The maximum Gasteiger partial charge on any atom is 0.408 e. The highest BCUT2D eigenvalue weighted by atomic mass is 16.6. The molecule has 2 saturated heterocycles. The van der Waals surface area contributed by atoms with Gasteiger partial charge in [-0.3, -0.25) is 19.3 Å². The number of amides is 2. The molecule has 9 rings (SSSR count). The SMILES string of the molecule is CO[C@@H](C)c1nn(C2CCN(C3CC3)CC2)cc1-c1[nH]c2ccc3cc2c1CC(C)(C)COC(=O)[C@@H]1CCCN(N1)C(=O)[C@@H](NC(=O)OC(C)(C)C)Cc1cc(OCc2ccccc2)cc-3c1. The number of rotatable bonds is 9. The normalized spacial score (nSPS) is 21.4. The highest BCUT2D eigenvalue weighted by Crippen LogP contribution is 2.42. The van der Waals surface area contributed by atoms with Gasteiger partial charge >= 0.3 is 12.1 Å². The number of carbonyl (C=O) groups excluding carboxylic acids is 3. The van der Waals surface area contributed by atoms with Gasteiger partial charge in [0.15, 0.2) is 0 Å². The minimum Gasteiger partial charge on any atom is -0.489 e. The molecule has 6 bridgehead atoms. The Morgan fingerprint density at radius 2 is 1.73 bits per heavy atom. The van der Waals surface area contributed by atoms with Gasteiger partial charge in [0.25, 0.3) is 5.91 Å². The lowest BCUT2D eigenvalue weighted by molar-refractivity contribution is -0.155. The number of carbonyl (C=O) groups is 3. The second-order valence-corrected chi connectivity index (χ2v) is 20.8. The third-order valence-corrected chi connectivity index (χ3v) is 13.6. The number of nitrogens with one attached hydrogen (secondary N) is 3. The number of aromatic nitrogens is 3. The van der Waals surface area contributed by atoms with Crippen molar-refractivity contribution in [1.82, 2.24) is 35.4 Å². The second kappa shape index (κ2) is 19.1.